The van der Waals surface area contributed by atoms with Crippen molar-refractivity contribution >= 4 is 23.5 Å². The first-order valence-electron chi connectivity index (χ1n) is 12.4. The van der Waals surface area contributed by atoms with Gasteiger partial charge in [0.1, 0.15) is 11.6 Å². The first-order chi connectivity index (χ1) is 17.2. The van der Waals surface area contributed by atoms with Crippen molar-refractivity contribution in [1.82, 2.24) is 20.0 Å². The topological polar surface area (TPSA) is 65.1 Å². The maximum Gasteiger partial charge on any atom is 0.317 e. The average molecular weight is 519 g/mol. The van der Waals surface area contributed by atoms with Crippen molar-refractivity contribution in [3.8, 4) is 5.75 Å². The molecule has 196 valence electrons. The number of carbonyl (C=O) groups excluding carboxylic acids is 2. The Bertz CT molecular complexity index is 1040. The van der Waals surface area contributed by atoms with E-state index >= 15 is 0 Å². The Morgan fingerprint density at radius 3 is 2.56 bits per heavy atom. The van der Waals surface area contributed by atoms with Crippen LogP contribution in [0.25, 0.3) is 0 Å². The lowest BCUT2D eigenvalue weighted by atomic mass is 10.1. The van der Waals surface area contributed by atoms with Crippen molar-refractivity contribution in [3.05, 3.63) is 64.4 Å². The van der Waals surface area contributed by atoms with Gasteiger partial charge in [0.05, 0.1) is 0 Å². The number of amides is 3. The first-order valence-corrected chi connectivity index (χ1v) is 12.7. The van der Waals surface area contributed by atoms with Crippen LogP contribution >= 0.6 is 11.6 Å². The molecule has 36 heavy (non-hydrogen) atoms. The molecular weight excluding hydrogens is 483 g/mol. The van der Waals surface area contributed by atoms with E-state index < -0.39 is 0 Å². The highest BCUT2D eigenvalue weighted by Gasteiger charge is 2.32. The minimum absolute atomic E-state index is 0.0214. The van der Waals surface area contributed by atoms with E-state index in [0.717, 1.165) is 17.7 Å². The van der Waals surface area contributed by atoms with Gasteiger partial charge in [-0.2, -0.15) is 0 Å². The molecule has 0 saturated carbocycles. The molecular formula is C27H36ClFN4O3. The lowest BCUT2D eigenvalue weighted by Crippen LogP contribution is -2.58. The highest BCUT2D eigenvalue weighted by molar-refractivity contribution is 6.30. The predicted octanol–water partition coefficient (Wildman–Crippen LogP) is 4.18. The number of piperazine rings is 1. The van der Waals surface area contributed by atoms with E-state index in [4.69, 9.17) is 16.3 Å². The van der Waals surface area contributed by atoms with Crippen LogP contribution in [0.1, 0.15) is 31.9 Å². The van der Waals surface area contributed by atoms with Crippen LogP contribution < -0.4 is 10.1 Å². The highest BCUT2D eigenvalue weighted by Crippen LogP contribution is 2.25. The molecule has 0 bridgehead atoms. The van der Waals surface area contributed by atoms with E-state index in [-0.39, 0.29) is 36.4 Å². The number of nitrogens with zero attached hydrogens (tertiary/aromatic N) is 3. The fourth-order valence-electron chi connectivity index (χ4n) is 4.37. The van der Waals surface area contributed by atoms with E-state index in [9.17, 15) is 14.0 Å². The van der Waals surface area contributed by atoms with Gasteiger partial charge in [0, 0.05) is 56.9 Å². The largest absolute Gasteiger partial charge is 0.483 e. The van der Waals surface area contributed by atoms with Gasteiger partial charge < -0.3 is 19.9 Å². The number of ether oxygens (including phenoxy) is 1. The molecule has 0 spiro atoms. The van der Waals surface area contributed by atoms with E-state index in [1.807, 2.05) is 24.8 Å². The van der Waals surface area contributed by atoms with E-state index in [1.165, 1.54) is 12.1 Å². The first kappa shape index (κ1) is 27.7. The summed E-state index contributed by atoms with van der Waals surface area (Å²) in [5.41, 5.74) is 1.89. The second kappa shape index (κ2) is 12.9. The van der Waals surface area contributed by atoms with Crippen molar-refractivity contribution in [2.45, 2.75) is 45.8 Å². The molecule has 0 aromatic heterocycles. The molecule has 1 fully saturated rings. The van der Waals surface area contributed by atoms with Gasteiger partial charge in [-0.3, -0.25) is 9.69 Å². The van der Waals surface area contributed by atoms with Crippen LogP contribution in [-0.2, 0) is 17.8 Å². The third kappa shape index (κ3) is 7.58. The van der Waals surface area contributed by atoms with Crippen LogP contribution in [0.2, 0.25) is 5.02 Å². The van der Waals surface area contributed by atoms with Crippen LogP contribution in [0, 0.1) is 5.82 Å². The van der Waals surface area contributed by atoms with Crippen molar-refractivity contribution in [3.63, 3.8) is 0 Å². The summed E-state index contributed by atoms with van der Waals surface area (Å²) < 4.78 is 19.2. The van der Waals surface area contributed by atoms with Crippen molar-refractivity contribution < 1.29 is 18.7 Å². The summed E-state index contributed by atoms with van der Waals surface area (Å²) in [7, 11) is 1.73. The van der Waals surface area contributed by atoms with Gasteiger partial charge in [0.25, 0.3) is 5.91 Å². The Morgan fingerprint density at radius 2 is 1.86 bits per heavy atom. The van der Waals surface area contributed by atoms with Gasteiger partial charge in [-0.25, -0.2) is 9.18 Å². The quantitative estimate of drug-likeness (QED) is 0.541. The van der Waals surface area contributed by atoms with Crippen molar-refractivity contribution in [2.24, 2.45) is 0 Å². The number of rotatable bonds is 9. The Kier molecular flexibility index (Phi) is 9.96. The zero-order valence-corrected chi connectivity index (χ0v) is 22.2. The number of nitrogens with one attached hydrogen (secondary N) is 1. The second-order valence-corrected chi connectivity index (χ2v) is 9.78. The molecule has 1 aliphatic rings. The van der Waals surface area contributed by atoms with Crippen LogP contribution in [0.5, 0.6) is 5.75 Å². The lowest BCUT2D eigenvalue weighted by molar-refractivity contribution is -0.139. The molecule has 1 saturated heterocycles. The molecule has 1 aliphatic heterocycles. The van der Waals surface area contributed by atoms with E-state index in [2.05, 4.69) is 17.1 Å². The molecule has 1 N–H and O–H groups in total. The Morgan fingerprint density at radius 1 is 1.14 bits per heavy atom. The van der Waals surface area contributed by atoms with E-state index in [0.29, 0.717) is 43.4 Å². The summed E-state index contributed by atoms with van der Waals surface area (Å²) in [5, 5.41) is 3.34. The monoisotopic (exact) mass is 518 g/mol. The Hall–Kier alpha value is -2.84. The van der Waals surface area contributed by atoms with Gasteiger partial charge in [0.15, 0.2) is 6.61 Å². The summed E-state index contributed by atoms with van der Waals surface area (Å²) >= 11 is 6.20. The molecule has 0 aliphatic carbocycles. The third-order valence-corrected chi connectivity index (χ3v) is 6.73. The third-order valence-electron chi connectivity index (χ3n) is 6.50. The molecule has 1 heterocycles. The van der Waals surface area contributed by atoms with Crippen LogP contribution in [-0.4, -0.2) is 78.6 Å². The molecule has 2 aromatic rings. The van der Waals surface area contributed by atoms with Gasteiger partial charge in [-0.1, -0.05) is 23.7 Å². The highest BCUT2D eigenvalue weighted by atomic mass is 35.5. The average Bonchev–Trinajstić information content (AvgIpc) is 2.85. The number of halogens is 2. The smallest absolute Gasteiger partial charge is 0.317 e. The van der Waals surface area contributed by atoms with Crippen molar-refractivity contribution in [2.75, 3.05) is 39.8 Å². The minimum Gasteiger partial charge on any atom is -0.483 e. The zero-order valence-electron chi connectivity index (χ0n) is 21.5. The maximum atomic E-state index is 13.2. The number of benzene rings is 2. The lowest BCUT2D eigenvalue weighted by Gasteiger charge is -2.44. The summed E-state index contributed by atoms with van der Waals surface area (Å²) in [4.78, 5) is 30.9. The molecule has 2 atom stereocenters. The standard InChI is InChI=1S/C27H36ClFN4O3/c1-5-30-27(35)31(4)13-12-22-14-23(28)8-11-25(22)36-18-26(34)33-16-19(2)32(15-20(33)3)17-21-6-9-24(29)10-7-21/h6-11,14,19-20H,5,12-13,15-18H2,1-4H3,(H,30,35)/t19-,20+/m0/s1. The molecule has 2 aromatic carbocycles. The summed E-state index contributed by atoms with van der Waals surface area (Å²) in [5.74, 6) is 0.275. The number of likely N-dealkylation sites (N-methyl/N-ethyl adjacent to an activating group) is 1. The molecule has 0 unspecified atom stereocenters. The fourth-order valence-corrected chi connectivity index (χ4v) is 4.57. The van der Waals surface area contributed by atoms with Crippen LogP contribution in [0.4, 0.5) is 9.18 Å². The number of hydrogen-bond donors (Lipinski definition) is 1. The number of hydrogen-bond acceptors (Lipinski definition) is 4. The predicted molar refractivity (Wildman–Crippen MR) is 140 cm³/mol. The SMILES string of the molecule is CCNC(=O)N(C)CCc1cc(Cl)ccc1OCC(=O)N1C[C@H](C)N(Cc2ccc(F)cc2)C[C@H]1C. The Balaban J connectivity index is 1.56. The number of urea groups is 1. The minimum atomic E-state index is -0.242. The molecule has 7 nitrogen and oxygen atoms in total. The zero-order chi connectivity index (χ0) is 26.2. The maximum absolute atomic E-state index is 13.2. The van der Waals surface area contributed by atoms with Gasteiger partial charge in [0.2, 0.25) is 0 Å². The van der Waals surface area contributed by atoms with Gasteiger partial charge in [-0.05, 0) is 68.7 Å². The normalized spacial score (nSPS) is 18.1. The fraction of sp³-hybridized carbons (Fsp3) is 0.481. The van der Waals surface area contributed by atoms with Gasteiger partial charge in [-0.15, -0.1) is 0 Å². The molecule has 3 amide bonds. The summed E-state index contributed by atoms with van der Waals surface area (Å²) in [6, 6.07) is 11.9. The molecule has 0 radical (unpaired) electrons. The van der Waals surface area contributed by atoms with Crippen LogP contribution in [0.3, 0.4) is 0 Å². The summed E-state index contributed by atoms with van der Waals surface area (Å²) in [6.07, 6.45) is 0.549. The van der Waals surface area contributed by atoms with E-state index in [1.54, 1.807) is 36.2 Å². The molecule has 9 heteroatoms. The number of carbonyl (C=O) groups is 2. The second-order valence-electron chi connectivity index (χ2n) is 9.35. The summed E-state index contributed by atoms with van der Waals surface area (Å²) in [6.45, 7) is 9.01. The van der Waals surface area contributed by atoms with Gasteiger partial charge >= 0.3 is 6.03 Å². The van der Waals surface area contributed by atoms with Crippen molar-refractivity contribution in [1.29, 1.82) is 0 Å². The Labute approximate surface area is 218 Å². The molecule has 3 rings (SSSR count). The van der Waals surface area contributed by atoms with Crippen LogP contribution in [0.15, 0.2) is 42.5 Å².